The third kappa shape index (κ3) is 13.4. The molecule has 0 unspecified atom stereocenters. The lowest BCUT2D eigenvalue weighted by atomic mass is 10.2. The first kappa shape index (κ1) is 24.1. The zero-order valence-corrected chi connectivity index (χ0v) is 17.2. The van der Waals surface area contributed by atoms with Crippen LogP contribution in [0.2, 0.25) is 0 Å². The van der Waals surface area contributed by atoms with E-state index in [0.717, 1.165) is 26.1 Å². The first-order chi connectivity index (χ1) is 11.6. The molecule has 0 amide bonds. The van der Waals surface area contributed by atoms with Crippen LogP contribution in [0.3, 0.4) is 0 Å². The molecular weight excluding hydrogens is 327 g/mol. The molecule has 0 rings (SSSR count). The molecule has 0 aromatic carbocycles. The number of hydrogen-bond acceptors (Lipinski definition) is 5. The fourth-order valence-corrected chi connectivity index (χ4v) is 3.52. The standard InChI is InChI=1S/C18H39O5P/c1-5-7-9-11-14-22-17-18(23-15-12-10-8-6-2)13-16-24(19,20-3)21-4/h18H,5-17H2,1-4H3/t18-/m0/s1. The van der Waals surface area contributed by atoms with E-state index in [0.29, 0.717) is 19.2 Å². The lowest BCUT2D eigenvalue weighted by molar-refractivity contribution is -0.0202. The Bertz CT molecular complexity index is 304. The summed E-state index contributed by atoms with van der Waals surface area (Å²) < 4.78 is 33.9. The molecule has 0 bridgehead atoms. The SMILES string of the molecule is CCCCCCOC[C@H](CCP(=O)(OC)OC)OCCCCCC. The summed E-state index contributed by atoms with van der Waals surface area (Å²) in [7, 11) is -0.123. The largest absolute Gasteiger partial charge is 0.379 e. The van der Waals surface area contributed by atoms with Gasteiger partial charge in [-0.2, -0.15) is 0 Å². The van der Waals surface area contributed by atoms with E-state index in [1.807, 2.05) is 0 Å². The van der Waals surface area contributed by atoms with Crippen molar-refractivity contribution in [2.45, 2.75) is 77.7 Å². The summed E-state index contributed by atoms with van der Waals surface area (Å²) >= 11 is 0. The molecule has 0 aliphatic carbocycles. The minimum absolute atomic E-state index is 0.0450. The van der Waals surface area contributed by atoms with E-state index < -0.39 is 7.60 Å². The molecule has 0 saturated carbocycles. The van der Waals surface area contributed by atoms with E-state index >= 15 is 0 Å². The molecule has 24 heavy (non-hydrogen) atoms. The molecule has 0 aromatic rings. The van der Waals surface area contributed by atoms with Gasteiger partial charge in [0.2, 0.25) is 0 Å². The highest BCUT2D eigenvalue weighted by Crippen LogP contribution is 2.47. The van der Waals surface area contributed by atoms with Crippen molar-refractivity contribution in [3.63, 3.8) is 0 Å². The molecule has 0 saturated heterocycles. The Balaban J connectivity index is 4.10. The zero-order chi connectivity index (χ0) is 18.1. The molecule has 0 N–H and O–H groups in total. The number of hydrogen-bond donors (Lipinski definition) is 0. The number of unbranched alkanes of at least 4 members (excludes halogenated alkanes) is 6. The Hall–Kier alpha value is 0.0700. The first-order valence-electron chi connectivity index (χ1n) is 9.51. The Morgan fingerprint density at radius 2 is 1.42 bits per heavy atom. The van der Waals surface area contributed by atoms with Crippen LogP contribution in [0, 0.1) is 0 Å². The molecule has 5 nitrogen and oxygen atoms in total. The lowest BCUT2D eigenvalue weighted by Crippen LogP contribution is -2.22. The Morgan fingerprint density at radius 1 is 0.833 bits per heavy atom. The average molecular weight is 366 g/mol. The van der Waals surface area contributed by atoms with E-state index in [1.54, 1.807) is 0 Å². The summed E-state index contributed by atoms with van der Waals surface area (Å²) in [4.78, 5) is 0. The van der Waals surface area contributed by atoms with Crippen molar-refractivity contribution in [3.8, 4) is 0 Å². The molecule has 6 heteroatoms. The van der Waals surface area contributed by atoms with Crippen LogP contribution < -0.4 is 0 Å². The van der Waals surface area contributed by atoms with Gasteiger partial charge < -0.3 is 18.5 Å². The molecule has 0 radical (unpaired) electrons. The van der Waals surface area contributed by atoms with E-state index in [4.69, 9.17) is 18.5 Å². The van der Waals surface area contributed by atoms with Crippen molar-refractivity contribution < 1.29 is 23.1 Å². The molecule has 146 valence electrons. The van der Waals surface area contributed by atoms with E-state index in [-0.39, 0.29) is 6.10 Å². The van der Waals surface area contributed by atoms with Crippen LogP contribution in [-0.4, -0.2) is 46.3 Å². The van der Waals surface area contributed by atoms with Crippen molar-refractivity contribution in [2.24, 2.45) is 0 Å². The smallest absolute Gasteiger partial charge is 0.330 e. The second kappa shape index (κ2) is 16.5. The van der Waals surface area contributed by atoms with Crippen LogP contribution in [-0.2, 0) is 23.1 Å². The quantitative estimate of drug-likeness (QED) is 0.239. The molecule has 0 heterocycles. The second-order valence-corrected chi connectivity index (χ2v) is 8.58. The second-order valence-electron chi connectivity index (χ2n) is 6.18. The maximum absolute atomic E-state index is 12.2. The van der Waals surface area contributed by atoms with Crippen molar-refractivity contribution >= 4 is 7.60 Å². The predicted octanol–water partition coefficient (Wildman–Crippen LogP) is 5.42. The summed E-state index contributed by atoms with van der Waals surface area (Å²) in [6.07, 6.45) is 10.4. The molecule has 0 spiro atoms. The summed E-state index contributed by atoms with van der Waals surface area (Å²) in [5, 5.41) is 0. The highest BCUT2D eigenvalue weighted by atomic mass is 31.2. The summed E-state index contributed by atoms with van der Waals surface area (Å²) in [5.74, 6) is 0. The predicted molar refractivity (Wildman–Crippen MR) is 100.0 cm³/mol. The summed E-state index contributed by atoms with van der Waals surface area (Å²) in [6, 6.07) is 0. The van der Waals surface area contributed by atoms with Crippen molar-refractivity contribution in [1.82, 2.24) is 0 Å². The maximum atomic E-state index is 12.2. The first-order valence-corrected chi connectivity index (χ1v) is 11.2. The van der Waals surface area contributed by atoms with Crippen molar-refractivity contribution in [2.75, 3.05) is 40.2 Å². The monoisotopic (exact) mass is 366 g/mol. The van der Waals surface area contributed by atoms with Crippen LogP contribution in [0.4, 0.5) is 0 Å². The summed E-state index contributed by atoms with van der Waals surface area (Å²) in [6.45, 7) is 6.44. The van der Waals surface area contributed by atoms with Gasteiger partial charge in [-0.15, -0.1) is 0 Å². The minimum Gasteiger partial charge on any atom is -0.379 e. The van der Waals surface area contributed by atoms with Gasteiger partial charge in [0.1, 0.15) is 0 Å². The Kier molecular flexibility index (Phi) is 16.6. The summed E-state index contributed by atoms with van der Waals surface area (Å²) in [5.41, 5.74) is 0. The molecule has 0 aliphatic heterocycles. The van der Waals surface area contributed by atoms with E-state index in [2.05, 4.69) is 13.8 Å². The molecule has 0 aromatic heterocycles. The van der Waals surface area contributed by atoms with Crippen LogP contribution in [0.15, 0.2) is 0 Å². The van der Waals surface area contributed by atoms with E-state index in [1.165, 1.54) is 52.7 Å². The zero-order valence-electron chi connectivity index (χ0n) is 16.3. The molecule has 0 aliphatic rings. The fourth-order valence-electron chi connectivity index (χ4n) is 2.40. The van der Waals surface area contributed by atoms with Gasteiger partial charge in [0.15, 0.2) is 0 Å². The van der Waals surface area contributed by atoms with Crippen molar-refractivity contribution in [3.05, 3.63) is 0 Å². The van der Waals surface area contributed by atoms with Crippen LogP contribution in [0.25, 0.3) is 0 Å². The highest BCUT2D eigenvalue weighted by Gasteiger charge is 2.23. The minimum atomic E-state index is -2.97. The van der Waals surface area contributed by atoms with Crippen LogP contribution in [0.5, 0.6) is 0 Å². The Morgan fingerprint density at radius 3 is 1.96 bits per heavy atom. The normalized spacial score (nSPS) is 13.3. The van der Waals surface area contributed by atoms with Gasteiger partial charge in [0.25, 0.3) is 0 Å². The highest BCUT2D eigenvalue weighted by molar-refractivity contribution is 7.53. The van der Waals surface area contributed by atoms with Gasteiger partial charge in [0, 0.05) is 27.4 Å². The molecule has 1 atom stereocenters. The molecular formula is C18H39O5P. The van der Waals surface area contributed by atoms with Crippen molar-refractivity contribution in [1.29, 1.82) is 0 Å². The fraction of sp³-hybridized carbons (Fsp3) is 1.00. The van der Waals surface area contributed by atoms with Crippen LogP contribution in [0.1, 0.15) is 71.6 Å². The van der Waals surface area contributed by atoms with Gasteiger partial charge in [-0.3, -0.25) is 4.57 Å². The number of rotatable bonds is 18. The van der Waals surface area contributed by atoms with E-state index in [9.17, 15) is 4.57 Å². The topological polar surface area (TPSA) is 54.0 Å². The number of ether oxygens (including phenoxy) is 2. The van der Waals surface area contributed by atoms with Gasteiger partial charge in [-0.25, -0.2) is 0 Å². The van der Waals surface area contributed by atoms with Gasteiger partial charge in [0.05, 0.1) is 18.9 Å². The Labute approximate surface area is 149 Å². The lowest BCUT2D eigenvalue weighted by Gasteiger charge is -2.20. The van der Waals surface area contributed by atoms with Gasteiger partial charge >= 0.3 is 7.60 Å². The van der Waals surface area contributed by atoms with Gasteiger partial charge in [-0.1, -0.05) is 52.4 Å². The van der Waals surface area contributed by atoms with Gasteiger partial charge in [-0.05, 0) is 19.3 Å². The third-order valence-electron chi connectivity index (χ3n) is 4.08. The average Bonchev–Trinajstić information content (AvgIpc) is 2.61. The third-order valence-corrected chi connectivity index (χ3v) is 6.00. The maximum Gasteiger partial charge on any atom is 0.330 e. The van der Waals surface area contributed by atoms with Crippen LogP contribution >= 0.6 is 7.60 Å². The molecule has 0 fully saturated rings.